The van der Waals surface area contributed by atoms with Crippen LogP contribution in [0.2, 0.25) is 0 Å². The molecule has 4 aromatic rings. The molecule has 8 nitrogen and oxygen atoms in total. The van der Waals surface area contributed by atoms with E-state index in [4.69, 9.17) is 0 Å². The highest BCUT2D eigenvalue weighted by atomic mass is 16.2. The van der Waals surface area contributed by atoms with Crippen molar-refractivity contribution in [3.05, 3.63) is 66.6 Å². The molecule has 0 aliphatic heterocycles. The van der Waals surface area contributed by atoms with Gasteiger partial charge in [0, 0.05) is 41.2 Å². The van der Waals surface area contributed by atoms with E-state index in [2.05, 4.69) is 30.6 Å². The van der Waals surface area contributed by atoms with E-state index in [9.17, 15) is 9.59 Å². The van der Waals surface area contributed by atoms with E-state index >= 15 is 0 Å². The number of nitrogens with one attached hydrogen (secondary N) is 3. The van der Waals surface area contributed by atoms with E-state index in [0.29, 0.717) is 22.7 Å². The molecule has 3 heterocycles. The molecule has 0 spiro atoms. The Morgan fingerprint density at radius 2 is 1.65 bits per heavy atom. The maximum Gasteiger partial charge on any atom is 0.256 e. The molecule has 3 aromatic heterocycles. The predicted molar refractivity (Wildman–Crippen MR) is 131 cm³/mol. The minimum atomic E-state index is -0.258. The molecule has 0 saturated heterocycles. The lowest BCUT2D eigenvalue weighted by molar-refractivity contribution is -0.120. The minimum Gasteiger partial charge on any atom is -0.337 e. The van der Waals surface area contributed by atoms with Crippen LogP contribution in [0.15, 0.2) is 61.1 Å². The number of anilines is 2. The molecule has 0 unspecified atom stereocenters. The van der Waals surface area contributed by atoms with Crippen molar-refractivity contribution < 1.29 is 9.59 Å². The second-order valence-corrected chi connectivity index (χ2v) is 8.62. The Balaban J connectivity index is 1.27. The summed E-state index contributed by atoms with van der Waals surface area (Å²) in [5, 5.41) is 5.84. The monoisotopic (exact) mass is 454 g/mol. The number of aromatic amines is 1. The number of benzene rings is 1. The summed E-state index contributed by atoms with van der Waals surface area (Å²) in [6.45, 7) is 0. The Morgan fingerprint density at radius 3 is 2.38 bits per heavy atom. The van der Waals surface area contributed by atoms with E-state index in [0.717, 1.165) is 42.5 Å². The van der Waals surface area contributed by atoms with E-state index in [1.807, 2.05) is 24.3 Å². The number of nitrogens with zero attached hydrogens (tertiary/aromatic N) is 3. The van der Waals surface area contributed by atoms with Gasteiger partial charge in [-0.25, -0.2) is 9.97 Å². The van der Waals surface area contributed by atoms with Crippen molar-refractivity contribution in [1.29, 1.82) is 0 Å². The Bertz CT molecular complexity index is 1290. The third kappa shape index (κ3) is 4.96. The van der Waals surface area contributed by atoms with Gasteiger partial charge in [-0.1, -0.05) is 25.7 Å². The van der Waals surface area contributed by atoms with Crippen LogP contribution >= 0.6 is 0 Å². The van der Waals surface area contributed by atoms with Crippen LogP contribution in [0.4, 0.5) is 11.5 Å². The van der Waals surface area contributed by atoms with Crippen molar-refractivity contribution in [3.8, 4) is 11.4 Å². The van der Waals surface area contributed by atoms with Crippen LogP contribution in [-0.2, 0) is 4.79 Å². The Kier molecular flexibility index (Phi) is 6.29. The molecule has 5 rings (SSSR count). The first-order chi connectivity index (χ1) is 16.7. The molecule has 2 amide bonds. The van der Waals surface area contributed by atoms with Crippen molar-refractivity contribution >= 4 is 34.4 Å². The Hall–Kier alpha value is -4.07. The first-order valence-electron chi connectivity index (χ1n) is 11.6. The van der Waals surface area contributed by atoms with Gasteiger partial charge in [0.1, 0.15) is 11.6 Å². The van der Waals surface area contributed by atoms with Crippen molar-refractivity contribution in [2.75, 3.05) is 10.6 Å². The largest absolute Gasteiger partial charge is 0.337 e. The molecule has 1 aliphatic carbocycles. The van der Waals surface area contributed by atoms with Crippen LogP contribution in [0.5, 0.6) is 0 Å². The smallest absolute Gasteiger partial charge is 0.256 e. The highest BCUT2D eigenvalue weighted by Gasteiger charge is 2.20. The van der Waals surface area contributed by atoms with Gasteiger partial charge in [-0.2, -0.15) is 0 Å². The number of aromatic nitrogens is 4. The molecule has 1 aromatic carbocycles. The highest BCUT2D eigenvalue weighted by Crippen LogP contribution is 2.26. The standard InChI is InChI=1S/C26H26N6O2/c33-25(18-5-3-1-2-4-6-18)29-20-9-7-17(8-10-20)24-30-21-15-23(28-16-22(21)31-24)32-26(34)19-11-13-27-14-12-19/h7-16,18H,1-6H2,(H,29,33)(H,30,31)(H,28,32,34). The first kappa shape index (κ1) is 21.8. The van der Waals surface area contributed by atoms with Gasteiger partial charge in [-0.3, -0.25) is 14.6 Å². The number of fused-ring (bicyclic) bond motifs is 1. The molecule has 172 valence electrons. The van der Waals surface area contributed by atoms with Gasteiger partial charge in [0.2, 0.25) is 5.91 Å². The number of hydrogen-bond acceptors (Lipinski definition) is 5. The predicted octanol–water partition coefficient (Wildman–Crippen LogP) is 5.18. The lowest BCUT2D eigenvalue weighted by Crippen LogP contribution is -2.22. The molecule has 3 N–H and O–H groups in total. The lowest BCUT2D eigenvalue weighted by Gasteiger charge is -2.14. The van der Waals surface area contributed by atoms with Gasteiger partial charge in [-0.15, -0.1) is 0 Å². The lowest BCUT2D eigenvalue weighted by atomic mass is 9.99. The topological polar surface area (TPSA) is 113 Å². The van der Waals surface area contributed by atoms with Gasteiger partial charge in [0.15, 0.2) is 0 Å². The maximum atomic E-state index is 12.6. The summed E-state index contributed by atoms with van der Waals surface area (Å²) in [5.41, 5.74) is 3.65. The zero-order valence-electron chi connectivity index (χ0n) is 18.8. The molecule has 8 heteroatoms. The Labute approximate surface area is 197 Å². The molecule has 34 heavy (non-hydrogen) atoms. The molecule has 0 atom stereocenters. The molecule has 1 aliphatic rings. The van der Waals surface area contributed by atoms with Crippen molar-refractivity contribution in [2.45, 2.75) is 38.5 Å². The fourth-order valence-electron chi connectivity index (χ4n) is 4.30. The van der Waals surface area contributed by atoms with E-state index < -0.39 is 0 Å². The van der Waals surface area contributed by atoms with Gasteiger partial charge in [0.25, 0.3) is 5.91 Å². The summed E-state index contributed by atoms with van der Waals surface area (Å²) in [6, 6.07) is 12.7. The maximum absolute atomic E-state index is 12.6. The van der Waals surface area contributed by atoms with Gasteiger partial charge < -0.3 is 15.6 Å². The molecule has 0 radical (unpaired) electrons. The summed E-state index contributed by atoms with van der Waals surface area (Å²) in [7, 11) is 0. The van der Waals surface area contributed by atoms with Crippen LogP contribution in [0.3, 0.4) is 0 Å². The third-order valence-corrected chi connectivity index (χ3v) is 6.20. The number of pyridine rings is 2. The molecular weight excluding hydrogens is 428 g/mol. The normalized spacial score (nSPS) is 14.5. The summed E-state index contributed by atoms with van der Waals surface area (Å²) in [5.74, 6) is 1.08. The van der Waals surface area contributed by atoms with Gasteiger partial charge >= 0.3 is 0 Å². The number of carbonyl (C=O) groups excluding carboxylic acids is 2. The minimum absolute atomic E-state index is 0.110. The van der Waals surface area contributed by atoms with E-state index in [-0.39, 0.29) is 17.7 Å². The fraction of sp³-hybridized carbons (Fsp3) is 0.269. The summed E-state index contributed by atoms with van der Waals surface area (Å²) in [6.07, 6.45) is 11.5. The van der Waals surface area contributed by atoms with Gasteiger partial charge in [-0.05, 0) is 49.2 Å². The summed E-state index contributed by atoms with van der Waals surface area (Å²) >= 11 is 0. The Morgan fingerprint density at radius 1 is 0.912 bits per heavy atom. The number of amides is 2. The molecule has 1 fully saturated rings. The summed E-state index contributed by atoms with van der Waals surface area (Å²) in [4.78, 5) is 41.1. The van der Waals surface area contributed by atoms with Crippen LogP contribution in [0.25, 0.3) is 22.4 Å². The molecule has 1 saturated carbocycles. The second kappa shape index (κ2) is 9.82. The van der Waals surface area contributed by atoms with Crippen LogP contribution in [0.1, 0.15) is 48.9 Å². The average Bonchev–Trinajstić information content (AvgIpc) is 3.09. The quantitative estimate of drug-likeness (QED) is 0.360. The average molecular weight is 455 g/mol. The third-order valence-electron chi connectivity index (χ3n) is 6.20. The van der Waals surface area contributed by atoms with Crippen LogP contribution in [0, 0.1) is 5.92 Å². The second-order valence-electron chi connectivity index (χ2n) is 8.62. The van der Waals surface area contributed by atoms with Crippen LogP contribution in [-0.4, -0.2) is 31.8 Å². The van der Waals surface area contributed by atoms with Gasteiger partial charge in [0.05, 0.1) is 17.2 Å². The summed E-state index contributed by atoms with van der Waals surface area (Å²) < 4.78 is 0. The van der Waals surface area contributed by atoms with Crippen LogP contribution < -0.4 is 10.6 Å². The van der Waals surface area contributed by atoms with E-state index in [1.54, 1.807) is 36.8 Å². The first-order valence-corrected chi connectivity index (χ1v) is 11.6. The zero-order chi connectivity index (χ0) is 23.3. The number of carbonyl (C=O) groups is 2. The number of imidazole rings is 1. The zero-order valence-corrected chi connectivity index (χ0v) is 18.8. The number of hydrogen-bond donors (Lipinski definition) is 3. The molecular formula is C26H26N6O2. The highest BCUT2D eigenvalue weighted by molar-refractivity contribution is 6.04. The van der Waals surface area contributed by atoms with E-state index in [1.165, 1.54) is 12.8 Å². The fourth-order valence-corrected chi connectivity index (χ4v) is 4.30. The van der Waals surface area contributed by atoms with Crippen molar-refractivity contribution in [1.82, 2.24) is 19.9 Å². The SMILES string of the molecule is O=C(Nc1cc2nc(-c3ccc(NC(=O)C4CCCCCC4)cc3)[nH]c2cn1)c1ccncc1. The van der Waals surface area contributed by atoms with Crippen molar-refractivity contribution in [2.24, 2.45) is 5.92 Å². The number of H-pyrrole nitrogens is 1. The molecule has 0 bridgehead atoms. The van der Waals surface area contributed by atoms with Crippen molar-refractivity contribution in [3.63, 3.8) is 0 Å². The number of rotatable bonds is 5.